The number of aryl methyl sites for hydroxylation is 1. The van der Waals surface area contributed by atoms with Crippen LogP contribution in [0.25, 0.3) is 0 Å². The number of hydrogen-bond acceptors (Lipinski definition) is 4. The lowest BCUT2D eigenvalue weighted by Gasteiger charge is -2.11. The minimum absolute atomic E-state index is 0.0299. The third-order valence-corrected chi connectivity index (χ3v) is 3.97. The van der Waals surface area contributed by atoms with Gasteiger partial charge in [-0.3, -0.25) is 4.79 Å². The van der Waals surface area contributed by atoms with Crippen molar-refractivity contribution >= 4 is 5.78 Å². The Hall–Kier alpha value is -2.49. The normalized spacial score (nSPS) is 10.5. The van der Waals surface area contributed by atoms with Gasteiger partial charge in [0.2, 0.25) is 0 Å². The maximum absolute atomic E-state index is 12.2. The second kappa shape index (κ2) is 7.68. The van der Waals surface area contributed by atoms with Crippen molar-refractivity contribution in [2.45, 2.75) is 32.6 Å². The first-order chi connectivity index (χ1) is 11.0. The number of ether oxygens (including phenoxy) is 1. The van der Waals surface area contributed by atoms with E-state index in [-0.39, 0.29) is 17.3 Å². The maximum Gasteiger partial charge on any atom is 0.164 e. The molecule has 23 heavy (non-hydrogen) atoms. The Morgan fingerprint density at radius 2 is 1.83 bits per heavy atom. The average molecular weight is 314 g/mol. The van der Waals surface area contributed by atoms with Crippen LogP contribution in [0.4, 0.5) is 0 Å². The van der Waals surface area contributed by atoms with Crippen LogP contribution in [-0.2, 0) is 6.42 Å². The lowest BCUT2D eigenvalue weighted by atomic mass is 9.99. The molecule has 0 aromatic heterocycles. The van der Waals surface area contributed by atoms with Gasteiger partial charge in [0.05, 0.1) is 7.11 Å². The molecule has 0 atom stereocenters. The highest BCUT2D eigenvalue weighted by atomic mass is 16.5. The summed E-state index contributed by atoms with van der Waals surface area (Å²) < 4.78 is 5.04. The summed E-state index contributed by atoms with van der Waals surface area (Å²) in [5.41, 5.74) is 2.22. The van der Waals surface area contributed by atoms with Crippen LogP contribution in [0.3, 0.4) is 0 Å². The molecule has 0 radical (unpaired) electrons. The fourth-order valence-corrected chi connectivity index (χ4v) is 2.62. The second-order valence-corrected chi connectivity index (χ2v) is 5.56. The number of Topliss-reactive ketones (excluding diaryl/α,β-unsaturated/α-hetero) is 1. The highest BCUT2D eigenvalue weighted by Crippen LogP contribution is 2.36. The number of methoxy groups -OCH3 is 1. The molecule has 2 aromatic carbocycles. The first-order valence-electron chi connectivity index (χ1n) is 7.71. The van der Waals surface area contributed by atoms with Crippen molar-refractivity contribution < 1.29 is 19.7 Å². The van der Waals surface area contributed by atoms with E-state index in [2.05, 4.69) is 0 Å². The van der Waals surface area contributed by atoms with Crippen LogP contribution < -0.4 is 4.74 Å². The van der Waals surface area contributed by atoms with E-state index in [9.17, 15) is 15.0 Å². The SMILES string of the molecule is COc1ccc(O)c(CCCCC(=O)c2ccccc2C)c1O. The molecule has 4 nitrogen and oxygen atoms in total. The van der Waals surface area contributed by atoms with Gasteiger partial charge in [-0.05, 0) is 43.9 Å². The highest BCUT2D eigenvalue weighted by Gasteiger charge is 2.13. The fraction of sp³-hybridized carbons (Fsp3) is 0.316. The first kappa shape index (κ1) is 16.9. The third-order valence-electron chi connectivity index (χ3n) is 3.97. The Bertz CT molecular complexity index is 692. The van der Waals surface area contributed by atoms with Crippen LogP contribution in [0.1, 0.15) is 40.7 Å². The number of carbonyl (C=O) groups is 1. The van der Waals surface area contributed by atoms with Crippen LogP contribution in [0.5, 0.6) is 17.2 Å². The summed E-state index contributed by atoms with van der Waals surface area (Å²) in [6.07, 6.45) is 2.35. The smallest absolute Gasteiger partial charge is 0.164 e. The van der Waals surface area contributed by atoms with Crippen LogP contribution >= 0.6 is 0 Å². The van der Waals surface area contributed by atoms with E-state index < -0.39 is 0 Å². The number of hydrogen-bond donors (Lipinski definition) is 2. The Labute approximate surface area is 136 Å². The van der Waals surface area contributed by atoms with Crippen molar-refractivity contribution in [1.29, 1.82) is 0 Å². The number of ketones is 1. The van der Waals surface area contributed by atoms with Crippen molar-refractivity contribution in [3.63, 3.8) is 0 Å². The molecule has 0 heterocycles. The summed E-state index contributed by atoms with van der Waals surface area (Å²) >= 11 is 0. The minimum Gasteiger partial charge on any atom is -0.508 e. The summed E-state index contributed by atoms with van der Waals surface area (Å²) in [7, 11) is 1.47. The summed E-state index contributed by atoms with van der Waals surface area (Å²) in [6.45, 7) is 1.93. The molecule has 4 heteroatoms. The first-order valence-corrected chi connectivity index (χ1v) is 7.71. The lowest BCUT2D eigenvalue weighted by Crippen LogP contribution is -2.01. The molecule has 0 aliphatic rings. The second-order valence-electron chi connectivity index (χ2n) is 5.56. The van der Waals surface area contributed by atoms with E-state index in [1.165, 1.54) is 19.2 Å². The van der Waals surface area contributed by atoms with E-state index in [1.54, 1.807) is 0 Å². The molecule has 2 rings (SSSR count). The predicted octanol–water partition coefficient (Wildman–Crippen LogP) is 4.01. The Morgan fingerprint density at radius 3 is 2.52 bits per heavy atom. The zero-order chi connectivity index (χ0) is 16.8. The molecule has 2 aromatic rings. The molecule has 0 aliphatic carbocycles. The van der Waals surface area contributed by atoms with Crippen molar-refractivity contribution in [1.82, 2.24) is 0 Å². The summed E-state index contributed by atoms with van der Waals surface area (Å²) in [5, 5.41) is 19.9. The maximum atomic E-state index is 12.2. The molecule has 0 saturated carbocycles. The van der Waals surface area contributed by atoms with Gasteiger partial charge in [0.1, 0.15) is 5.75 Å². The largest absolute Gasteiger partial charge is 0.508 e. The van der Waals surface area contributed by atoms with Crippen molar-refractivity contribution in [2.24, 2.45) is 0 Å². The van der Waals surface area contributed by atoms with Gasteiger partial charge in [-0.15, -0.1) is 0 Å². The summed E-state index contributed by atoms with van der Waals surface area (Å²) in [5.74, 6) is 0.488. The van der Waals surface area contributed by atoms with Crippen molar-refractivity contribution in [3.8, 4) is 17.2 Å². The van der Waals surface area contributed by atoms with Crippen molar-refractivity contribution in [3.05, 3.63) is 53.1 Å². The van der Waals surface area contributed by atoms with Gasteiger partial charge in [-0.1, -0.05) is 24.3 Å². The molecule has 0 unspecified atom stereocenters. The topological polar surface area (TPSA) is 66.8 Å². The van der Waals surface area contributed by atoms with Gasteiger partial charge >= 0.3 is 0 Å². The molecule has 0 amide bonds. The Morgan fingerprint density at radius 1 is 1.09 bits per heavy atom. The van der Waals surface area contributed by atoms with Crippen molar-refractivity contribution in [2.75, 3.05) is 7.11 Å². The molecular weight excluding hydrogens is 292 g/mol. The number of phenolic OH excluding ortho intramolecular Hbond substituents is 2. The molecular formula is C19H22O4. The van der Waals surface area contributed by atoms with Gasteiger partial charge in [0.25, 0.3) is 0 Å². The molecule has 0 spiro atoms. The van der Waals surface area contributed by atoms with E-state index in [0.29, 0.717) is 37.0 Å². The van der Waals surface area contributed by atoms with Gasteiger partial charge in [0, 0.05) is 17.5 Å². The van der Waals surface area contributed by atoms with Crippen LogP contribution in [0.2, 0.25) is 0 Å². The Kier molecular flexibility index (Phi) is 5.63. The lowest BCUT2D eigenvalue weighted by molar-refractivity contribution is 0.0979. The van der Waals surface area contributed by atoms with E-state index in [4.69, 9.17) is 4.74 Å². The van der Waals surface area contributed by atoms with Crippen LogP contribution in [0, 0.1) is 6.92 Å². The third kappa shape index (κ3) is 4.03. The highest BCUT2D eigenvalue weighted by molar-refractivity contribution is 5.97. The van der Waals surface area contributed by atoms with Gasteiger partial charge in [0.15, 0.2) is 17.3 Å². The molecule has 0 aliphatic heterocycles. The van der Waals surface area contributed by atoms with Crippen LogP contribution in [0.15, 0.2) is 36.4 Å². The fourth-order valence-electron chi connectivity index (χ4n) is 2.62. The number of rotatable bonds is 7. The molecule has 0 bridgehead atoms. The molecule has 122 valence electrons. The number of phenols is 2. The van der Waals surface area contributed by atoms with Gasteiger partial charge < -0.3 is 14.9 Å². The minimum atomic E-state index is -0.0299. The number of carbonyl (C=O) groups excluding carboxylic acids is 1. The average Bonchev–Trinajstić information content (AvgIpc) is 2.54. The van der Waals surface area contributed by atoms with E-state index in [0.717, 1.165) is 11.1 Å². The van der Waals surface area contributed by atoms with E-state index >= 15 is 0 Å². The monoisotopic (exact) mass is 314 g/mol. The number of aromatic hydroxyl groups is 2. The summed E-state index contributed by atoms with van der Waals surface area (Å²) in [4.78, 5) is 12.2. The quantitative estimate of drug-likeness (QED) is 0.598. The molecule has 2 N–H and O–H groups in total. The van der Waals surface area contributed by atoms with E-state index in [1.807, 2.05) is 31.2 Å². The number of benzene rings is 2. The molecule has 0 saturated heterocycles. The predicted molar refractivity (Wildman–Crippen MR) is 89.4 cm³/mol. The standard InChI is InChI=1S/C19H22O4/c1-13-7-3-4-8-14(13)16(20)10-6-5-9-15-17(21)11-12-18(23-2)19(15)22/h3-4,7-8,11-12,21-22H,5-6,9-10H2,1-2H3. The molecule has 0 fully saturated rings. The van der Waals surface area contributed by atoms with Gasteiger partial charge in [-0.25, -0.2) is 0 Å². The zero-order valence-corrected chi connectivity index (χ0v) is 13.5. The summed E-state index contributed by atoms with van der Waals surface area (Å²) in [6, 6.07) is 10.6. The van der Waals surface area contributed by atoms with Crippen LogP contribution in [-0.4, -0.2) is 23.1 Å². The Balaban J connectivity index is 1.91. The number of unbranched alkanes of at least 4 members (excludes halogenated alkanes) is 1. The zero-order valence-electron chi connectivity index (χ0n) is 13.5. The van der Waals surface area contributed by atoms with Gasteiger partial charge in [-0.2, -0.15) is 0 Å².